The smallest absolute Gasteiger partial charge is 0.254 e. The first-order chi connectivity index (χ1) is 15.0. The van der Waals surface area contributed by atoms with Crippen LogP contribution in [0, 0.1) is 5.92 Å². The minimum Gasteiger partial charge on any atom is -0.335 e. The van der Waals surface area contributed by atoms with Crippen molar-refractivity contribution in [2.24, 2.45) is 5.92 Å². The third-order valence-electron chi connectivity index (χ3n) is 7.34. The normalized spacial score (nSPS) is 24.3. The molecule has 1 saturated heterocycles. The monoisotopic (exact) mass is 438 g/mol. The zero-order chi connectivity index (χ0) is 21.4. The first-order valence-electron chi connectivity index (χ1n) is 11.5. The third-order valence-corrected chi connectivity index (χ3v) is 9.20. The summed E-state index contributed by atoms with van der Waals surface area (Å²) in [5, 5.41) is 0. The molecule has 6 heteroatoms. The molecular weight excluding hydrogens is 408 g/mol. The lowest BCUT2D eigenvalue weighted by molar-refractivity contribution is 0.0390. The van der Waals surface area contributed by atoms with Gasteiger partial charge >= 0.3 is 0 Å². The summed E-state index contributed by atoms with van der Waals surface area (Å²) in [7, 11) is -3.58. The molecule has 2 aromatic rings. The van der Waals surface area contributed by atoms with Crippen LogP contribution in [0.2, 0.25) is 0 Å². The van der Waals surface area contributed by atoms with Crippen molar-refractivity contribution < 1.29 is 13.2 Å². The fraction of sp³-hybridized carbons (Fsp3) is 0.480. The van der Waals surface area contributed by atoms with Crippen LogP contribution < -0.4 is 0 Å². The van der Waals surface area contributed by atoms with Crippen LogP contribution in [0.5, 0.6) is 0 Å². The molecule has 2 unspecified atom stereocenters. The number of benzene rings is 2. The second-order valence-corrected chi connectivity index (χ2v) is 11.1. The molecule has 2 aromatic carbocycles. The fourth-order valence-corrected chi connectivity index (χ4v) is 7.06. The number of sulfonamides is 1. The lowest BCUT2D eigenvalue weighted by atomic mass is 9.78. The van der Waals surface area contributed by atoms with Crippen molar-refractivity contribution in [3.8, 4) is 0 Å². The maximum absolute atomic E-state index is 13.2. The van der Waals surface area contributed by atoms with Gasteiger partial charge in [-0.1, -0.05) is 37.1 Å². The van der Waals surface area contributed by atoms with Crippen LogP contribution in [0.4, 0.5) is 0 Å². The van der Waals surface area contributed by atoms with Crippen LogP contribution in [-0.4, -0.2) is 42.7 Å². The number of fused-ring (bicyclic) bond motifs is 2. The lowest BCUT2D eigenvalue weighted by Gasteiger charge is -2.44. The highest BCUT2D eigenvalue weighted by molar-refractivity contribution is 7.89. The molecule has 2 heterocycles. The highest BCUT2D eigenvalue weighted by Gasteiger charge is 2.36. The van der Waals surface area contributed by atoms with E-state index in [9.17, 15) is 13.2 Å². The summed E-state index contributed by atoms with van der Waals surface area (Å²) in [5.41, 5.74) is 2.88. The van der Waals surface area contributed by atoms with Crippen molar-refractivity contribution in [1.82, 2.24) is 9.21 Å². The molecular formula is C25H30N2O3S. The van der Waals surface area contributed by atoms with Gasteiger partial charge in [-0.25, -0.2) is 8.42 Å². The minimum absolute atomic E-state index is 0.0486. The molecule has 5 rings (SSSR count). The van der Waals surface area contributed by atoms with Gasteiger partial charge in [-0.15, -0.1) is 0 Å². The molecule has 3 aliphatic rings. The lowest BCUT2D eigenvalue weighted by Crippen LogP contribution is -2.49. The number of hydrogen-bond donors (Lipinski definition) is 0. The summed E-state index contributed by atoms with van der Waals surface area (Å²) in [6, 6.07) is 15.0. The van der Waals surface area contributed by atoms with Gasteiger partial charge in [-0.05, 0) is 73.4 Å². The summed E-state index contributed by atoms with van der Waals surface area (Å²) in [4.78, 5) is 15.5. The van der Waals surface area contributed by atoms with Gasteiger partial charge in [-0.2, -0.15) is 4.31 Å². The number of carbonyl (C=O) groups is 1. The van der Waals surface area contributed by atoms with Crippen molar-refractivity contribution in [3.63, 3.8) is 0 Å². The largest absolute Gasteiger partial charge is 0.335 e. The fourth-order valence-electron chi connectivity index (χ4n) is 5.64. The summed E-state index contributed by atoms with van der Waals surface area (Å²) in [5.74, 6) is 0.681. The number of piperidine rings is 1. The second-order valence-electron chi connectivity index (χ2n) is 9.13. The predicted molar refractivity (Wildman–Crippen MR) is 120 cm³/mol. The van der Waals surface area contributed by atoms with Crippen molar-refractivity contribution >= 4 is 15.9 Å². The van der Waals surface area contributed by atoms with Crippen LogP contribution in [0.15, 0.2) is 53.4 Å². The second kappa shape index (κ2) is 8.40. The van der Waals surface area contributed by atoms with E-state index in [0.717, 1.165) is 31.4 Å². The maximum atomic E-state index is 13.2. The van der Waals surface area contributed by atoms with E-state index in [1.54, 1.807) is 28.6 Å². The molecule has 0 radical (unpaired) electrons. The van der Waals surface area contributed by atoms with Gasteiger partial charge < -0.3 is 4.90 Å². The predicted octanol–water partition coefficient (Wildman–Crippen LogP) is 4.23. The first-order valence-corrected chi connectivity index (χ1v) is 13.0. The van der Waals surface area contributed by atoms with E-state index in [0.29, 0.717) is 30.6 Å². The summed E-state index contributed by atoms with van der Waals surface area (Å²) >= 11 is 0. The number of likely N-dealkylation sites (tertiary alicyclic amines) is 1. The van der Waals surface area contributed by atoms with Gasteiger partial charge in [0.05, 0.1) is 4.90 Å². The third kappa shape index (κ3) is 3.92. The zero-order valence-electron chi connectivity index (χ0n) is 17.9. The van der Waals surface area contributed by atoms with Gasteiger partial charge in [-0.3, -0.25) is 4.79 Å². The highest BCUT2D eigenvalue weighted by Crippen LogP contribution is 2.36. The Morgan fingerprint density at radius 1 is 0.839 bits per heavy atom. The van der Waals surface area contributed by atoms with Gasteiger partial charge in [0.25, 0.3) is 5.91 Å². The van der Waals surface area contributed by atoms with Crippen molar-refractivity contribution in [1.29, 1.82) is 0 Å². The van der Waals surface area contributed by atoms with E-state index in [4.69, 9.17) is 0 Å². The van der Waals surface area contributed by atoms with Crippen molar-refractivity contribution in [2.75, 3.05) is 13.1 Å². The number of carbonyl (C=O) groups excluding carboxylic acids is 1. The Morgan fingerprint density at radius 2 is 1.55 bits per heavy atom. The van der Waals surface area contributed by atoms with Gasteiger partial charge in [0.2, 0.25) is 10.0 Å². The van der Waals surface area contributed by atoms with E-state index >= 15 is 0 Å². The minimum atomic E-state index is -3.58. The Labute approximate surface area is 185 Å². The van der Waals surface area contributed by atoms with Gasteiger partial charge in [0.1, 0.15) is 0 Å². The molecule has 2 aliphatic heterocycles. The molecule has 31 heavy (non-hydrogen) atoms. The van der Waals surface area contributed by atoms with Crippen molar-refractivity contribution in [3.05, 3.63) is 65.2 Å². The number of amides is 1. The summed E-state index contributed by atoms with van der Waals surface area (Å²) < 4.78 is 27.9. The Kier molecular flexibility index (Phi) is 5.61. The first kappa shape index (κ1) is 20.7. The Balaban J connectivity index is 1.33. The van der Waals surface area contributed by atoms with Crippen LogP contribution in [0.3, 0.4) is 0 Å². The van der Waals surface area contributed by atoms with Crippen LogP contribution in [-0.2, 0) is 23.0 Å². The summed E-state index contributed by atoms with van der Waals surface area (Å²) in [6.07, 6.45) is 7.81. The standard InChI is InChI=1S/C25H30N2O3S/c28-25(27-16-5-9-20-7-3-4-10-24(20)27)21-11-13-23(14-12-21)31(29,30)26-17-15-19-6-1-2-8-22(19)18-26/h1-2,6,8,11-14,20,24H,3-5,7,9-10,15-18H2. The topological polar surface area (TPSA) is 57.7 Å². The SMILES string of the molecule is O=C(c1ccc(S(=O)(=O)N2CCc3ccccc3C2)cc1)N1CCCC2CCCCC21. The molecule has 1 saturated carbocycles. The molecule has 2 fully saturated rings. The van der Waals surface area contributed by atoms with Crippen LogP contribution in [0.25, 0.3) is 0 Å². The molecule has 0 bridgehead atoms. The molecule has 0 spiro atoms. The number of rotatable bonds is 3. The number of hydrogen-bond acceptors (Lipinski definition) is 3. The molecule has 1 amide bonds. The highest BCUT2D eigenvalue weighted by atomic mass is 32.2. The molecule has 2 atom stereocenters. The van der Waals surface area contributed by atoms with Gasteiger partial charge in [0.15, 0.2) is 0 Å². The molecule has 0 aromatic heterocycles. The van der Waals surface area contributed by atoms with E-state index in [2.05, 4.69) is 11.0 Å². The Bertz CT molecular complexity index is 1060. The zero-order valence-corrected chi connectivity index (χ0v) is 18.7. The average Bonchev–Trinajstić information content (AvgIpc) is 2.83. The average molecular weight is 439 g/mol. The van der Waals surface area contributed by atoms with E-state index < -0.39 is 10.0 Å². The molecule has 5 nitrogen and oxygen atoms in total. The Hall–Kier alpha value is -2.18. The van der Waals surface area contributed by atoms with E-state index in [1.807, 2.05) is 18.2 Å². The Morgan fingerprint density at radius 3 is 2.35 bits per heavy atom. The van der Waals surface area contributed by atoms with E-state index in [-0.39, 0.29) is 10.8 Å². The van der Waals surface area contributed by atoms with Crippen LogP contribution in [0.1, 0.15) is 60.0 Å². The molecule has 164 valence electrons. The van der Waals surface area contributed by atoms with Crippen molar-refractivity contribution in [2.45, 2.75) is 62.4 Å². The quantitative estimate of drug-likeness (QED) is 0.721. The van der Waals surface area contributed by atoms with Gasteiger partial charge in [0, 0.05) is 31.2 Å². The van der Waals surface area contributed by atoms with E-state index in [1.165, 1.54) is 31.2 Å². The summed E-state index contributed by atoms with van der Waals surface area (Å²) in [6.45, 7) is 1.69. The van der Waals surface area contributed by atoms with Crippen LogP contribution >= 0.6 is 0 Å². The molecule has 0 N–H and O–H groups in total. The molecule has 1 aliphatic carbocycles. The number of nitrogens with zero attached hydrogens (tertiary/aromatic N) is 2. The maximum Gasteiger partial charge on any atom is 0.254 e.